The molecule has 4 bridgehead atoms. The SMILES string of the molecule is CCn1nc(CN[C@H](C)C23CC4CC(CC(C4)C2)C3)c(-c2ccccc2)n1. The van der Waals surface area contributed by atoms with Gasteiger partial charge in [0.05, 0.1) is 6.54 Å². The molecule has 4 saturated carbocycles. The first-order valence-electron chi connectivity index (χ1n) is 10.9. The highest BCUT2D eigenvalue weighted by Crippen LogP contribution is 2.61. The molecule has 1 N–H and O–H groups in total. The molecule has 1 atom stereocenters. The van der Waals surface area contributed by atoms with Gasteiger partial charge in [-0.3, -0.25) is 0 Å². The third kappa shape index (κ3) is 3.12. The van der Waals surface area contributed by atoms with E-state index in [0.717, 1.165) is 47.8 Å². The number of aryl methyl sites for hydroxylation is 1. The van der Waals surface area contributed by atoms with Crippen molar-refractivity contribution in [2.75, 3.05) is 0 Å². The van der Waals surface area contributed by atoms with Crippen LogP contribution in [0.1, 0.15) is 58.1 Å². The molecule has 4 aliphatic carbocycles. The molecule has 0 spiro atoms. The molecule has 1 heterocycles. The fraction of sp³-hybridized carbons (Fsp3) is 0.652. The lowest BCUT2D eigenvalue weighted by Gasteiger charge is -2.59. The predicted octanol–water partition coefficient (Wildman–Crippen LogP) is 4.66. The van der Waals surface area contributed by atoms with E-state index in [0.29, 0.717) is 11.5 Å². The van der Waals surface area contributed by atoms with E-state index < -0.39 is 0 Å². The smallest absolute Gasteiger partial charge is 0.117 e. The highest BCUT2D eigenvalue weighted by atomic mass is 15.5. The third-order valence-electron chi connectivity index (χ3n) is 7.63. The molecule has 0 radical (unpaired) electrons. The van der Waals surface area contributed by atoms with E-state index in [4.69, 9.17) is 10.2 Å². The Morgan fingerprint density at radius 1 is 1.04 bits per heavy atom. The first kappa shape index (κ1) is 17.4. The van der Waals surface area contributed by atoms with Crippen molar-refractivity contribution in [1.82, 2.24) is 20.3 Å². The number of aromatic nitrogens is 3. The molecule has 4 nitrogen and oxygen atoms in total. The van der Waals surface area contributed by atoms with E-state index >= 15 is 0 Å². The number of hydrogen-bond donors (Lipinski definition) is 1. The number of rotatable bonds is 6. The summed E-state index contributed by atoms with van der Waals surface area (Å²) in [6.45, 7) is 6.15. The van der Waals surface area contributed by atoms with Crippen LogP contribution >= 0.6 is 0 Å². The molecule has 0 unspecified atom stereocenters. The van der Waals surface area contributed by atoms with Crippen LogP contribution < -0.4 is 5.32 Å². The van der Waals surface area contributed by atoms with Crippen molar-refractivity contribution in [2.45, 2.75) is 71.5 Å². The van der Waals surface area contributed by atoms with E-state index in [2.05, 4.69) is 49.5 Å². The van der Waals surface area contributed by atoms with Gasteiger partial charge in [-0.2, -0.15) is 15.0 Å². The molecule has 1 aromatic heterocycles. The maximum atomic E-state index is 4.77. The highest BCUT2D eigenvalue weighted by Gasteiger charge is 2.52. The van der Waals surface area contributed by atoms with Crippen LogP contribution in [0.15, 0.2) is 30.3 Å². The normalized spacial score (nSPS) is 32.7. The summed E-state index contributed by atoms with van der Waals surface area (Å²) in [6.07, 6.45) is 8.86. The molecular weight excluding hydrogens is 332 g/mol. The van der Waals surface area contributed by atoms with Crippen molar-refractivity contribution < 1.29 is 0 Å². The second kappa shape index (κ2) is 6.73. The predicted molar refractivity (Wildman–Crippen MR) is 108 cm³/mol. The fourth-order valence-corrected chi connectivity index (χ4v) is 6.64. The van der Waals surface area contributed by atoms with E-state index in [1.807, 2.05) is 4.80 Å². The lowest BCUT2D eigenvalue weighted by Crippen LogP contribution is -2.54. The van der Waals surface area contributed by atoms with Crippen LogP contribution in [-0.2, 0) is 13.1 Å². The van der Waals surface area contributed by atoms with Gasteiger partial charge in [0, 0.05) is 18.2 Å². The summed E-state index contributed by atoms with van der Waals surface area (Å²) in [5, 5.41) is 13.4. The Hall–Kier alpha value is -1.68. The molecule has 6 rings (SSSR count). The van der Waals surface area contributed by atoms with Crippen LogP contribution in [0, 0.1) is 23.2 Å². The van der Waals surface area contributed by atoms with Crippen LogP contribution in [0.4, 0.5) is 0 Å². The van der Waals surface area contributed by atoms with Crippen molar-refractivity contribution in [1.29, 1.82) is 0 Å². The third-order valence-corrected chi connectivity index (χ3v) is 7.63. The van der Waals surface area contributed by atoms with Crippen molar-refractivity contribution in [2.24, 2.45) is 23.2 Å². The second-order valence-electron chi connectivity index (χ2n) is 9.43. The van der Waals surface area contributed by atoms with Gasteiger partial charge < -0.3 is 5.32 Å². The minimum atomic E-state index is 0.530. The molecule has 4 fully saturated rings. The van der Waals surface area contributed by atoms with Crippen LogP contribution in [-0.4, -0.2) is 21.0 Å². The number of hydrogen-bond acceptors (Lipinski definition) is 3. The Labute approximate surface area is 162 Å². The van der Waals surface area contributed by atoms with Gasteiger partial charge in [-0.05, 0) is 75.5 Å². The van der Waals surface area contributed by atoms with Gasteiger partial charge in [-0.1, -0.05) is 30.3 Å². The van der Waals surface area contributed by atoms with E-state index in [1.165, 1.54) is 38.5 Å². The minimum absolute atomic E-state index is 0.530. The Morgan fingerprint density at radius 3 is 2.26 bits per heavy atom. The Kier molecular flexibility index (Phi) is 4.34. The maximum Gasteiger partial charge on any atom is 0.117 e. The summed E-state index contributed by atoms with van der Waals surface area (Å²) in [6, 6.07) is 11.0. The van der Waals surface area contributed by atoms with Crippen LogP contribution in [0.3, 0.4) is 0 Å². The second-order valence-corrected chi connectivity index (χ2v) is 9.43. The summed E-state index contributed by atoms with van der Waals surface area (Å²) in [5.41, 5.74) is 3.81. The summed E-state index contributed by atoms with van der Waals surface area (Å²) < 4.78 is 0. The van der Waals surface area contributed by atoms with Gasteiger partial charge in [-0.15, -0.1) is 0 Å². The van der Waals surface area contributed by atoms with Gasteiger partial charge >= 0.3 is 0 Å². The number of benzene rings is 1. The Balaban J connectivity index is 1.34. The standard InChI is InChI=1S/C23H32N4/c1-3-27-25-21(22(26-27)20-7-5-4-6-8-20)15-24-16(2)23-12-17-9-18(13-23)11-19(10-17)14-23/h4-8,16-19,24H,3,9-15H2,1-2H3/t16-,17?,18?,19?,23?/m1/s1. The zero-order valence-corrected chi connectivity index (χ0v) is 16.7. The molecule has 4 heteroatoms. The average Bonchev–Trinajstić information content (AvgIpc) is 3.09. The molecule has 2 aromatic rings. The van der Waals surface area contributed by atoms with Gasteiger partial charge in [0.2, 0.25) is 0 Å². The van der Waals surface area contributed by atoms with Gasteiger partial charge in [-0.25, -0.2) is 0 Å². The van der Waals surface area contributed by atoms with Crippen molar-refractivity contribution in [3.63, 3.8) is 0 Å². The van der Waals surface area contributed by atoms with E-state index in [-0.39, 0.29) is 0 Å². The molecular formula is C23H32N4. The highest BCUT2D eigenvalue weighted by molar-refractivity contribution is 5.60. The van der Waals surface area contributed by atoms with Crippen molar-refractivity contribution >= 4 is 0 Å². The van der Waals surface area contributed by atoms with E-state index in [1.54, 1.807) is 0 Å². The first-order valence-corrected chi connectivity index (χ1v) is 10.9. The summed E-state index contributed by atoms with van der Waals surface area (Å²) in [5.74, 6) is 3.00. The summed E-state index contributed by atoms with van der Waals surface area (Å²) in [7, 11) is 0. The quantitative estimate of drug-likeness (QED) is 0.811. The van der Waals surface area contributed by atoms with Crippen LogP contribution in [0.2, 0.25) is 0 Å². The van der Waals surface area contributed by atoms with Crippen LogP contribution in [0.5, 0.6) is 0 Å². The number of nitrogens with one attached hydrogen (secondary N) is 1. The monoisotopic (exact) mass is 364 g/mol. The van der Waals surface area contributed by atoms with Crippen LogP contribution in [0.25, 0.3) is 11.3 Å². The largest absolute Gasteiger partial charge is 0.308 e. The average molecular weight is 365 g/mol. The van der Waals surface area contributed by atoms with Crippen molar-refractivity contribution in [3.05, 3.63) is 36.0 Å². The zero-order valence-electron chi connectivity index (χ0n) is 16.7. The molecule has 0 amide bonds. The minimum Gasteiger partial charge on any atom is -0.308 e. The van der Waals surface area contributed by atoms with Gasteiger partial charge in [0.25, 0.3) is 0 Å². The molecule has 4 aliphatic rings. The fourth-order valence-electron chi connectivity index (χ4n) is 6.64. The number of nitrogens with zero attached hydrogens (tertiary/aromatic N) is 3. The summed E-state index contributed by atoms with van der Waals surface area (Å²) in [4.78, 5) is 1.83. The molecule has 0 saturated heterocycles. The Bertz CT molecular complexity index is 759. The Morgan fingerprint density at radius 2 is 1.67 bits per heavy atom. The molecule has 0 aliphatic heterocycles. The lowest BCUT2D eigenvalue weighted by atomic mass is 9.48. The first-order chi connectivity index (χ1) is 13.1. The zero-order chi connectivity index (χ0) is 18.4. The summed E-state index contributed by atoms with van der Waals surface area (Å²) >= 11 is 0. The molecule has 27 heavy (non-hydrogen) atoms. The van der Waals surface area contributed by atoms with Gasteiger partial charge in [0.15, 0.2) is 0 Å². The molecule has 144 valence electrons. The topological polar surface area (TPSA) is 42.7 Å². The van der Waals surface area contributed by atoms with E-state index in [9.17, 15) is 0 Å². The molecule has 1 aromatic carbocycles. The maximum absolute atomic E-state index is 4.77. The lowest BCUT2D eigenvalue weighted by molar-refractivity contribution is -0.0707. The van der Waals surface area contributed by atoms with Gasteiger partial charge in [0.1, 0.15) is 11.4 Å². The van der Waals surface area contributed by atoms with Crippen molar-refractivity contribution in [3.8, 4) is 11.3 Å².